The minimum Gasteiger partial charge on any atom is -0.303 e. The van der Waals surface area contributed by atoms with Crippen molar-refractivity contribution < 1.29 is 0 Å². The molecule has 24 heavy (non-hydrogen) atoms. The molecule has 0 spiro atoms. The minimum absolute atomic E-state index is 0.928. The van der Waals surface area contributed by atoms with E-state index in [0.29, 0.717) is 0 Å². The Labute approximate surface area is 160 Å². The van der Waals surface area contributed by atoms with Crippen LogP contribution in [-0.2, 0) is 12.8 Å². The molecule has 4 heteroatoms. The van der Waals surface area contributed by atoms with E-state index in [1.165, 1.54) is 22.5 Å². The van der Waals surface area contributed by atoms with Crippen molar-refractivity contribution in [1.82, 2.24) is 9.55 Å². The summed E-state index contributed by atoms with van der Waals surface area (Å²) in [6, 6.07) is 15.0. The van der Waals surface area contributed by atoms with E-state index < -0.39 is 0 Å². The molecule has 0 fully saturated rings. The second-order valence-corrected chi connectivity index (χ2v) is 8.05. The Bertz CT molecular complexity index is 842. The summed E-state index contributed by atoms with van der Waals surface area (Å²) in [6.45, 7) is 6.38. The van der Waals surface area contributed by atoms with Gasteiger partial charge in [0.2, 0.25) is 0 Å². The van der Waals surface area contributed by atoms with Gasteiger partial charge in [0.25, 0.3) is 0 Å². The Morgan fingerprint density at radius 3 is 2.08 bits per heavy atom. The Morgan fingerprint density at radius 1 is 0.833 bits per heavy atom. The maximum absolute atomic E-state index is 4.90. The van der Waals surface area contributed by atoms with Crippen molar-refractivity contribution in [1.29, 1.82) is 0 Å². The van der Waals surface area contributed by atoms with Crippen molar-refractivity contribution >= 4 is 31.9 Å². The average molecular weight is 448 g/mol. The molecule has 0 saturated carbocycles. The van der Waals surface area contributed by atoms with E-state index in [2.05, 4.69) is 99.7 Å². The Balaban J connectivity index is 1.87. The summed E-state index contributed by atoms with van der Waals surface area (Å²) in [6.07, 6.45) is 1.90. The summed E-state index contributed by atoms with van der Waals surface area (Å²) in [5.74, 6) is 1.01. The quantitative estimate of drug-likeness (QED) is 0.471. The van der Waals surface area contributed by atoms with Crippen molar-refractivity contribution in [3.63, 3.8) is 0 Å². The van der Waals surface area contributed by atoms with Gasteiger partial charge in [-0.15, -0.1) is 0 Å². The SMILES string of the molecule is Cc1cc(CCc2cc(Br)cc(Br)c2)nc(-n2c(C)ccc2C)c1. The van der Waals surface area contributed by atoms with Gasteiger partial charge < -0.3 is 4.57 Å². The molecular formula is C20H20Br2N2. The summed E-state index contributed by atoms with van der Waals surface area (Å²) in [7, 11) is 0. The highest BCUT2D eigenvalue weighted by Gasteiger charge is 2.08. The molecule has 0 aliphatic carbocycles. The van der Waals surface area contributed by atoms with E-state index in [1.54, 1.807) is 0 Å². The number of aromatic nitrogens is 2. The van der Waals surface area contributed by atoms with Gasteiger partial charge in [0.1, 0.15) is 5.82 Å². The van der Waals surface area contributed by atoms with Crippen LogP contribution in [0.15, 0.2) is 51.4 Å². The number of hydrogen-bond donors (Lipinski definition) is 0. The average Bonchev–Trinajstić information content (AvgIpc) is 2.83. The molecule has 0 bridgehead atoms. The van der Waals surface area contributed by atoms with Crippen molar-refractivity contribution in [3.8, 4) is 5.82 Å². The third-order valence-corrected chi connectivity index (χ3v) is 5.02. The zero-order chi connectivity index (χ0) is 17.3. The van der Waals surface area contributed by atoms with Gasteiger partial charge in [-0.1, -0.05) is 31.9 Å². The Morgan fingerprint density at radius 2 is 1.46 bits per heavy atom. The fraction of sp³-hybridized carbons (Fsp3) is 0.250. The van der Waals surface area contributed by atoms with Crippen molar-refractivity contribution in [2.24, 2.45) is 0 Å². The van der Waals surface area contributed by atoms with Crippen LogP contribution in [0.2, 0.25) is 0 Å². The normalized spacial score (nSPS) is 11.0. The molecule has 3 aromatic rings. The fourth-order valence-electron chi connectivity index (χ4n) is 3.02. The maximum Gasteiger partial charge on any atom is 0.137 e. The Kier molecular flexibility index (Phi) is 5.26. The molecule has 124 valence electrons. The van der Waals surface area contributed by atoms with Crippen LogP contribution in [-0.4, -0.2) is 9.55 Å². The predicted molar refractivity (Wildman–Crippen MR) is 107 cm³/mol. The molecule has 2 nitrogen and oxygen atoms in total. The second-order valence-electron chi connectivity index (χ2n) is 6.22. The maximum atomic E-state index is 4.90. The van der Waals surface area contributed by atoms with E-state index in [0.717, 1.165) is 33.3 Å². The molecule has 3 rings (SSSR count). The summed E-state index contributed by atoms with van der Waals surface area (Å²) in [5, 5.41) is 0. The van der Waals surface area contributed by atoms with Gasteiger partial charge >= 0.3 is 0 Å². The van der Waals surface area contributed by atoms with Crippen LogP contribution in [0.1, 0.15) is 28.2 Å². The number of pyridine rings is 1. The molecule has 0 N–H and O–H groups in total. The first-order chi connectivity index (χ1) is 11.4. The monoisotopic (exact) mass is 446 g/mol. The second kappa shape index (κ2) is 7.24. The van der Waals surface area contributed by atoms with Crippen molar-refractivity contribution in [2.45, 2.75) is 33.6 Å². The number of halogens is 2. The highest BCUT2D eigenvalue weighted by Crippen LogP contribution is 2.22. The lowest BCUT2D eigenvalue weighted by Crippen LogP contribution is -2.05. The van der Waals surface area contributed by atoms with Crippen LogP contribution in [0, 0.1) is 20.8 Å². The third-order valence-electron chi connectivity index (χ3n) is 4.10. The van der Waals surface area contributed by atoms with Gasteiger partial charge in [0, 0.05) is 26.0 Å². The summed E-state index contributed by atoms with van der Waals surface area (Å²) >= 11 is 7.11. The highest BCUT2D eigenvalue weighted by atomic mass is 79.9. The van der Waals surface area contributed by atoms with Gasteiger partial charge in [-0.25, -0.2) is 4.98 Å². The van der Waals surface area contributed by atoms with Gasteiger partial charge in [-0.3, -0.25) is 0 Å². The molecule has 1 aromatic carbocycles. The smallest absolute Gasteiger partial charge is 0.137 e. The van der Waals surface area contributed by atoms with Crippen LogP contribution >= 0.6 is 31.9 Å². The molecule has 2 aromatic heterocycles. The van der Waals surface area contributed by atoms with Gasteiger partial charge in [0.05, 0.1) is 0 Å². The topological polar surface area (TPSA) is 17.8 Å². The molecular weight excluding hydrogens is 428 g/mol. The van der Waals surface area contributed by atoms with Crippen LogP contribution in [0.4, 0.5) is 0 Å². The van der Waals surface area contributed by atoms with Gasteiger partial charge in [-0.05, 0) is 87.2 Å². The van der Waals surface area contributed by atoms with Gasteiger partial charge in [-0.2, -0.15) is 0 Å². The largest absolute Gasteiger partial charge is 0.303 e. The van der Waals surface area contributed by atoms with Gasteiger partial charge in [0.15, 0.2) is 0 Å². The molecule has 0 saturated heterocycles. The minimum atomic E-state index is 0.928. The standard InChI is InChI=1S/C20H20Br2N2/c1-13-8-19(7-6-16-10-17(21)12-18(22)11-16)23-20(9-13)24-14(2)4-5-15(24)3/h4-5,8-12H,6-7H2,1-3H3. The molecule has 2 heterocycles. The third kappa shape index (κ3) is 3.98. The lowest BCUT2D eigenvalue weighted by Gasteiger charge is -2.12. The zero-order valence-corrected chi connectivity index (χ0v) is 17.3. The van der Waals surface area contributed by atoms with E-state index in [-0.39, 0.29) is 0 Å². The number of nitrogens with zero attached hydrogens (tertiary/aromatic N) is 2. The van der Waals surface area contributed by atoms with E-state index >= 15 is 0 Å². The zero-order valence-electron chi connectivity index (χ0n) is 14.1. The molecule has 0 amide bonds. The molecule has 0 unspecified atom stereocenters. The highest BCUT2D eigenvalue weighted by molar-refractivity contribution is 9.11. The molecule has 0 atom stereocenters. The van der Waals surface area contributed by atoms with Crippen LogP contribution in [0.3, 0.4) is 0 Å². The Hall–Kier alpha value is -1.39. The number of rotatable bonds is 4. The van der Waals surface area contributed by atoms with E-state index in [1.807, 2.05) is 0 Å². The fourth-order valence-corrected chi connectivity index (χ4v) is 4.41. The van der Waals surface area contributed by atoms with Crippen molar-refractivity contribution in [3.05, 3.63) is 79.6 Å². The molecule has 0 aliphatic rings. The molecule has 0 radical (unpaired) electrons. The van der Waals surface area contributed by atoms with Crippen LogP contribution < -0.4 is 0 Å². The van der Waals surface area contributed by atoms with E-state index in [9.17, 15) is 0 Å². The lowest BCUT2D eigenvalue weighted by atomic mass is 10.1. The van der Waals surface area contributed by atoms with Crippen LogP contribution in [0.5, 0.6) is 0 Å². The first-order valence-electron chi connectivity index (χ1n) is 8.00. The first kappa shape index (κ1) is 17.4. The number of aryl methyl sites for hydroxylation is 5. The van der Waals surface area contributed by atoms with Crippen molar-refractivity contribution in [2.75, 3.05) is 0 Å². The lowest BCUT2D eigenvalue weighted by molar-refractivity contribution is 0.861. The van der Waals surface area contributed by atoms with Crippen LogP contribution in [0.25, 0.3) is 5.82 Å². The molecule has 0 aliphatic heterocycles. The summed E-state index contributed by atoms with van der Waals surface area (Å²) in [5.41, 5.74) is 6.11. The summed E-state index contributed by atoms with van der Waals surface area (Å²) in [4.78, 5) is 4.90. The summed E-state index contributed by atoms with van der Waals surface area (Å²) < 4.78 is 4.42. The first-order valence-corrected chi connectivity index (χ1v) is 9.59. The number of hydrogen-bond acceptors (Lipinski definition) is 1. The number of benzene rings is 1. The predicted octanol–water partition coefficient (Wildman–Crippen LogP) is 6.11. The van der Waals surface area contributed by atoms with E-state index in [4.69, 9.17) is 4.98 Å².